The Bertz CT molecular complexity index is 1030. The summed E-state index contributed by atoms with van der Waals surface area (Å²) in [5.41, 5.74) is 8.12. The van der Waals surface area contributed by atoms with E-state index in [4.69, 9.17) is 10.5 Å². The van der Waals surface area contributed by atoms with Crippen LogP contribution in [0.2, 0.25) is 0 Å². The van der Waals surface area contributed by atoms with Gasteiger partial charge in [-0.15, -0.1) is 0 Å². The van der Waals surface area contributed by atoms with E-state index in [0.717, 1.165) is 16.5 Å². The number of nitrogens with one attached hydrogen (secondary N) is 1. The first-order chi connectivity index (χ1) is 12.5. The normalized spacial score (nSPS) is 10.3. The molecule has 0 radical (unpaired) electrons. The van der Waals surface area contributed by atoms with Crippen LogP contribution in [0.5, 0.6) is 5.75 Å². The van der Waals surface area contributed by atoms with Crippen LogP contribution in [-0.4, -0.2) is 28.9 Å². The van der Waals surface area contributed by atoms with Gasteiger partial charge in [-0.3, -0.25) is 9.59 Å². The number of aromatic nitrogens is 2. The van der Waals surface area contributed by atoms with Crippen LogP contribution >= 0.6 is 0 Å². The van der Waals surface area contributed by atoms with Gasteiger partial charge in [0.05, 0.1) is 18.3 Å². The van der Waals surface area contributed by atoms with Gasteiger partial charge >= 0.3 is 0 Å². The lowest BCUT2D eigenvalue weighted by molar-refractivity contribution is -0.111. The Balaban J connectivity index is 2.03. The Kier molecular flexibility index (Phi) is 4.62. The van der Waals surface area contributed by atoms with Crippen LogP contribution in [0.3, 0.4) is 0 Å². The molecule has 7 nitrogen and oxygen atoms in total. The maximum Gasteiger partial charge on any atom is 0.286 e. The number of nitrogens with zero attached hydrogens (tertiary/aromatic N) is 2. The van der Waals surface area contributed by atoms with Gasteiger partial charge in [0, 0.05) is 11.6 Å². The summed E-state index contributed by atoms with van der Waals surface area (Å²) in [6.07, 6.45) is 2.74. The fourth-order valence-corrected chi connectivity index (χ4v) is 2.50. The first-order valence-electron chi connectivity index (χ1n) is 7.70. The third-order valence-electron chi connectivity index (χ3n) is 3.78. The van der Waals surface area contributed by atoms with Gasteiger partial charge in [0.15, 0.2) is 0 Å². The number of ether oxygens (including phenoxy) is 1. The van der Waals surface area contributed by atoms with E-state index in [9.17, 15) is 9.59 Å². The zero-order valence-corrected chi connectivity index (χ0v) is 14.0. The van der Waals surface area contributed by atoms with E-state index < -0.39 is 5.91 Å². The van der Waals surface area contributed by atoms with Crippen molar-refractivity contribution in [2.24, 2.45) is 5.73 Å². The number of carbonyl (C=O) groups excluding carboxylic acids is 2. The number of carbonyl (C=O) groups is 2. The van der Waals surface area contributed by atoms with Crippen LogP contribution in [-0.2, 0) is 4.79 Å². The fourth-order valence-electron chi connectivity index (χ4n) is 2.50. The smallest absolute Gasteiger partial charge is 0.286 e. The van der Waals surface area contributed by atoms with Crippen LogP contribution < -0.4 is 15.8 Å². The second-order valence-electron chi connectivity index (χ2n) is 5.44. The van der Waals surface area contributed by atoms with Crippen molar-refractivity contribution in [1.82, 2.24) is 9.97 Å². The van der Waals surface area contributed by atoms with E-state index >= 15 is 0 Å². The van der Waals surface area contributed by atoms with Gasteiger partial charge < -0.3 is 15.8 Å². The average Bonchev–Trinajstić information content (AvgIpc) is 2.66. The largest absolute Gasteiger partial charge is 0.495 e. The Morgan fingerprint density at radius 1 is 1.19 bits per heavy atom. The van der Waals surface area contributed by atoms with E-state index in [1.165, 1.54) is 13.2 Å². The molecule has 3 aromatic rings. The van der Waals surface area contributed by atoms with Gasteiger partial charge in [-0.1, -0.05) is 18.7 Å². The number of primary amides is 1. The van der Waals surface area contributed by atoms with Gasteiger partial charge in [-0.05, 0) is 41.5 Å². The first-order valence-corrected chi connectivity index (χ1v) is 7.70. The molecule has 0 bridgehead atoms. The van der Waals surface area contributed by atoms with Crippen molar-refractivity contribution in [3.63, 3.8) is 0 Å². The molecule has 0 fully saturated rings. The van der Waals surface area contributed by atoms with Crippen molar-refractivity contribution in [3.05, 3.63) is 61.1 Å². The monoisotopic (exact) mass is 348 g/mol. The van der Waals surface area contributed by atoms with Crippen LogP contribution in [0.25, 0.3) is 22.0 Å². The number of benzene rings is 2. The second-order valence-corrected chi connectivity index (χ2v) is 5.44. The lowest BCUT2D eigenvalue weighted by Gasteiger charge is -2.12. The lowest BCUT2D eigenvalue weighted by atomic mass is 10.0. The number of amides is 2. The van der Waals surface area contributed by atoms with E-state index in [-0.39, 0.29) is 11.7 Å². The quantitative estimate of drug-likeness (QED) is 0.689. The maximum atomic E-state index is 11.6. The Labute approximate surface area is 149 Å². The highest BCUT2D eigenvalue weighted by molar-refractivity contribution is 6.00. The summed E-state index contributed by atoms with van der Waals surface area (Å²) in [6.45, 7) is 3.45. The lowest BCUT2D eigenvalue weighted by Crippen LogP contribution is -2.14. The summed E-state index contributed by atoms with van der Waals surface area (Å²) in [6, 6.07) is 11.0. The van der Waals surface area contributed by atoms with Crippen molar-refractivity contribution < 1.29 is 14.3 Å². The van der Waals surface area contributed by atoms with E-state index in [0.29, 0.717) is 17.0 Å². The number of methoxy groups -OCH3 is 1. The van der Waals surface area contributed by atoms with Crippen molar-refractivity contribution in [2.45, 2.75) is 0 Å². The molecular weight excluding hydrogens is 332 g/mol. The minimum absolute atomic E-state index is 0.0240. The third-order valence-corrected chi connectivity index (χ3v) is 3.78. The zero-order valence-electron chi connectivity index (χ0n) is 14.0. The molecule has 0 spiro atoms. The molecule has 3 N–H and O–H groups in total. The van der Waals surface area contributed by atoms with E-state index in [2.05, 4.69) is 21.9 Å². The average molecular weight is 348 g/mol. The molecule has 0 atom stereocenters. The first kappa shape index (κ1) is 17.1. The zero-order chi connectivity index (χ0) is 18.7. The highest BCUT2D eigenvalue weighted by Gasteiger charge is 2.10. The van der Waals surface area contributed by atoms with Crippen molar-refractivity contribution in [1.29, 1.82) is 0 Å². The molecule has 3 rings (SSSR count). The highest BCUT2D eigenvalue weighted by atomic mass is 16.5. The predicted molar refractivity (Wildman–Crippen MR) is 98.9 cm³/mol. The molecule has 1 heterocycles. The van der Waals surface area contributed by atoms with Crippen LogP contribution in [0.4, 0.5) is 5.69 Å². The summed E-state index contributed by atoms with van der Waals surface area (Å²) in [5.74, 6) is -0.483. The molecule has 2 amide bonds. The second kappa shape index (κ2) is 7.02. The van der Waals surface area contributed by atoms with Crippen LogP contribution in [0.15, 0.2) is 55.3 Å². The minimum atomic E-state index is -0.672. The summed E-state index contributed by atoms with van der Waals surface area (Å²) < 4.78 is 5.27. The summed E-state index contributed by atoms with van der Waals surface area (Å²) in [7, 11) is 1.53. The summed E-state index contributed by atoms with van der Waals surface area (Å²) in [5, 5.41) is 3.48. The molecule has 0 saturated carbocycles. The number of hydrogen-bond acceptors (Lipinski definition) is 5. The molecular formula is C19H16N4O3. The molecule has 7 heteroatoms. The summed E-state index contributed by atoms with van der Waals surface area (Å²) in [4.78, 5) is 30.9. The van der Waals surface area contributed by atoms with Gasteiger partial charge in [0.2, 0.25) is 11.7 Å². The van der Waals surface area contributed by atoms with Gasteiger partial charge in [-0.2, -0.15) is 0 Å². The van der Waals surface area contributed by atoms with Gasteiger partial charge in [0.1, 0.15) is 5.75 Å². The van der Waals surface area contributed by atoms with Gasteiger partial charge in [0.25, 0.3) is 5.91 Å². The molecule has 0 aliphatic carbocycles. The number of fused-ring (bicyclic) bond motifs is 1. The number of anilines is 1. The van der Waals surface area contributed by atoms with Crippen LogP contribution in [0.1, 0.15) is 10.6 Å². The summed E-state index contributed by atoms with van der Waals surface area (Å²) >= 11 is 0. The minimum Gasteiger partial charge on any atom is -0.495 e. The molecule has 1 aromatic heterocycles. The van der Waals surface area contributed by atoms with Crippen molar-refractivity contribution >= 4 is 28.4 Å². The van der Waals surface area contributed by atoms with E-state index in [1.807, 2.05) is 18.2 Å². The number of hydrogen-bond donors (Lipinski definition) is 2. The molecule has 26 heavy (non-hydrogen) atoms. The SMILES string of the molecule is C=CC(=O)Nc1cc(-c2ccc3nc(C(N)=O)ncc3c2)ccc1OC. The molecule has 0 saturated heterocycles. The number of rotatable bonds is 5. The predicted octanol–water partition coefficient (Wildman–Crippen LogP) is 2.53. The van der Waals surface area contributed by atoms with Gasteiger partial charge in [-0.25, -0.2) is 9.97 Å². The van der Waals surface area contributed by atoms with E-state index in [1.54, 1.807) is 24.4 Å². The maximum absolute atomic E-state index is 11.6. The molecule has 0 aliphatic heterocycles. The van der Waals surface area contributed by atoms with Crippen LogP contribution in [0, 0.1) is 0 Å². The molecule has 130 valence electrons. The molecule has 2 aromatic carbocycles. The van der Waals surface area contributed by atoms with Crippen molar-refractivity contribution in [3.8, 4) is 16.9 Å². The Hall–Kier alpha value is -3.74. The molecule has 0 aliphatic rings. The molecule has 0 unspecified atom stereocenters. The Morgan fingerprint density at radius 3 is 2.62 bits per heavy atom. The number of nitrogens with two attached hydrogens (primary N) is 1. The fraction of sp³-hybridized carbons (Fsp3) is 0.0526. The van der Waals surface area contributed by atoms with Crippen molar-refractivity contribution in [2.75, 3.05) is 12.4 Å². The highest BCUT2D eigenvalue weighted by Crippen LogP contribution is 2.31. The Morgan fingerprint density at radius 2 is 1.92 bits per heavy atom. The topological polar surface area (TPSA) is 107 Å². The standard InChI is InChI=1S/C19H16N4O3/c1-3-17(24)22-15-9-12(5-7-16(15)26-2)11-4-6-14-13(8-11)10-21-19(23-14)18(20)25/h3-10H,1H2,2H3,(H2,20,25)(H,22,24). The third kappa shape index (κ3) is 3.36.